The summed E-state index contributed by atoms with van der Waals surface area (Å²) in [6.45, 7) is 0. The molecule has 4 aromatic rings. The van der Waals surface area contributed by atoms with Crippen LogP contribution in [0.5, 0.6) is 0 Å². The van der Waals surface area contributed by atoms with Gasteiger partial charge in [-0.05, 0) is 36.4 Å². The molecule has 26 heavy (non-hydrogen) atoms. The van der Waals surface area contributed by atoms with Crippen LogP contribution in [0, 0.1) is 0 Å². The van der Waals surface area contributed by atoms with E-state index in [1.165, 1.54) is 17.8 Å². The Morgan fingerprint density at radius 1 is 1.04 bits per heavy atom. The van der Waals surface area contributed by atoms with Gasteiger partial charge in [-0.2, -0.15) is 0 Å². The van der Waals surface area contributed by atoms with Gasteiger partial charge in [-0.3, -0.25) is 9.78 Å². The third-order valence-corrected chi connectivity index (χ3v) is 4.90. The second-order valence-corrected chi connectivity index (χ2v) is 6.69. The number of nitrogens with one attached hydrogen (secondary N) is 1. The van der Waals surface area contributed by atoms with Gasteiger partial charge in [0.2, 0.25) is 5.91 Å². The van der Waals surface area contributed by atoms with E-state index in [0.29, 0.717) is 11.3 Å². The Morgan fingerprint density at radius 3 is 2.85 bits per heavy atom. The Morgan fingerprint density at radius 2 is 1.92 bits per heavy atom. The lowest BCUT2D eigenvalue weighted by Gasteiger charge is -2.07. The molecule has 0 bridgehead atoms. The minimum atomic E-state index is -0.394. The number of amides is 1. The smallest absolute Gasteiger partial charge is 0.336 e. The second-order valence-electron chi connectivity index (χ2n) is 5.68. The third kappa shape index (κ3) is 3.45. The van der Waals surface area contributed by atoms with Crippen LogP contribution in [0.4, 0.5) is 5.69 Å². The average Bonchev–Trinajstić information content (AvgIpc) is 2.66. The molecule has 0 spiro atoms. The first-order valence-corrected chi connectivity index (χ1v) is 8.98. The van der Waals surface area contributed by atoms with Crippen LogP contribution in [0.25, 0.3) is 21.9 Å². The fourth-order valence-corrected chi connectivity index (χ4v) is 3.52. The SMILES string of the molecule is O=C(CSc1cccc2cccnc12)Nc1ccc2oc(=O)ccc2c1. The lowest BCUT2D eigenvalue weighted by atomic mass is 10.2. The van der Waals surface area contributed by atoms with Crippen LogP contribution < -0.4 is 10.9 Å². The van der Waals surface area contributed by atoms with Crippen molar-refractivity contribution in [3.8, 4) is 0 Å². The fraction of sp³-hybridized carbons (Fsp3) is 0.0500. The lowest BCUT2D eigenvalue weighted by Crippen LogP contribution is -2.14. The van der Waals surface area contributed by atoms with E-state index >= 15 is 0 Å². The summed E-state index contributed by atoms with van der Waals surface area (Å²) in [5.74, 6) is 0.164. The van der Waals surface area contributed by atoms with E-state index in [1.807, 2.05) is 30.3 Å². The van der Waals surface area contributed by atoms with Crippen LogP contribution in [0.1, 0.15) is 0 Å². The highest BCUT2D eigenvalue weighted by Crippen LogP contribution is 2.26. The number of para-hydroxylation sites is 1. The number of hydrogen-bond acceptors (Lipinski definition) is 5. The van der Waals surface area contributed by atoms with Crippen molar-refractivity contribution in [2.45, 2.75) is 4.90 Å². The number of aromatic nitrogens is 1. The van der Waals surface area contributed by atoms with Gasteiger partial charge in [0.05, 0.1) is 11.3 Å². The summed E-state index contributed by atoms with van der Waals surface area (Å²) in [5.41, 5.74) is 1.66. The average molecular weight is 362 g/mol. The predicted octanol–water partition coefficient (Wildman–Crippen LogP) is 4.07. The molecular formula is C20H14N2O3S. The Kier molecular flexibility index (Phi) is 4.41. The number of carbonyl (C=O) groups is 1. The molecule has 5 nitrogen and oxygen atoms in total. The highest BCUT2D eigenvalue weighted by atomic mass is 32.2. The number of hydrogen-bond donors (Lipinski definition) is 1. The van der Waals surface area contributed by atoms with Crippen molar-refractivity contribution in [3.63, 3.8) is 0 Å². The molecule has 1 amide bonds. The Labute approximate surface area is 153 Å². The molecule has 0 saturated heterocycles. The summed E-state index contributed by atoms with van der Waals surface area (Å²) in [7, 11) is 0. The van der Waals surface area contributed by atoms with Crippen LogP contribution in [0.3, 0.4) is 0 Å². The van der Waals surface area contributed by atoms with E-state index < -0.39 is 5.63 Å². The van der Waals surface area contributed by atoms with Gasteiger partial charge >= 0.3 is 5.63 Å². The van der Waals surface area contributed by atoms with E-state index in [0.717, 1.165) is 21.2 Å². The van der Waals surface area contributed by atoms with Crippen molar-refractivity contribution in [3.05, 3.63) is 77.3 Å². The van der Waals surface area contributed by atoms with Gasteiger partial charge in [-0.15, -0.1) is 11.8 Å². The van der Waals surface area contributed by atoms with Crippen LogP contribution in [0.15, 0.2) is 81.0 Å². The number of rotatable bonds is 4. The first-order chi connectivity index (χ1) is 12.7. The highest BCUT2D eigenvalue weighted by Gasteiger charge is 2.08. The number of thioether (sulfide) groups is 1. The Bertz CT molecular complexity index is 1160. The molecule has 0 aliphatic heterocycles. The summed E-state index contributed by atoms with van der Waals surface area (Å²) in [4.78, 5) is 28.9. The van der Waals surface area contributed by atoms with Gasteiger partial charge in [-0.25, -0.2) is 4.79 Å². The molecule has 4 rings (SSSR count). The topological polar surface area (TPSA) is 72.2 Å². The molecule has 2 aromatic carbocycles. The first-order valence-electron chi connectivity index (χ1n) is 7.99. The third-order valence-electron chi connectivity index (χ3n) is 3.86. The number of carbonyl (C=O) groups excluding carboxylic acids is 1. The monoisotopic (exact) mass is 362 g/mol. The molecule has 2 heterocycles. The normalized spacial score (nSPS) is 10.9. The van der Waals surface area contributed by atoms with Gasteiger partial charge < -0.3 is 9.73 Å². The van der Waals surface area contributed by atoms with Crippen molar-refractivity contribution in [1.29, 1.82) is 0 Å². The largest absolute Gasteiger partial charge is 0.423 e. The molecule has 0 fully saturated rings. The predicted molar refractivity (Wildman–Crippen MR) is 104 cm³/mol. The van der Waals surface area contributed by atoms with Crippen molar-refractivity contribution >= 4 is 45.2 Å². The highest BCUT2D eigenvalue weighted by molar-refractivity contribution is 8.00. The molecular weight excluding hydrogens is 348 g/mol. The molecule has 0 aliphatic rings. The molecule has 0 saturated carbocycles. The van der Waals surface area contributed by atoms with Crippen LogP contribution >= 0.6 is 11.8 Å². The number of benzene rings is 2. The van der Waals surface area contributed by atoms with E-state index in [1.54, 1.807) is 30.5 Å². The number of anilines is 1. The molecule has 1 N–H and O–H groups in total. The molecule has 0 unspecified atom stereocenters. The molecule has 0 radical (unpaired) electrons. The van der Waals surface area contributed by atoms with Gasteiger partial charge in [-0.1, -0.05) is 18.2 Å². The molecule has 0 aliphatic carbocycles. The van der Waals surface area contributed by atoms with Gasteiger partial charge in [0.1, 0.15) is 5.58 Å². The Balaban J connectivity index is 1.47. The van der Waals surface area contributed by atoms with E-state index in [9.17, 15) is 9.59 Å². The molecule has 128 valence electrons. The van der Waals surface area contributed by atoms with Crippen molar-refractivity contribution in [1.82, 2.24) is 4.98 Å². The second kappa shape index (κ2) is 7.01. The summed E-state index contributed by atoms with van der Waals surface area (Å²) in [6, 6.07) is 18.0. The van der Waals surface area contributed by atoms with Gasteiger partial charge in [0.25, 0.3) is 0 Å². The zero-order valence-corrected chi connectivity index (χ0v) is 14.5. The standard InChI is InChI=1S/C20H14N2O3S/c23-18(12-26-17-5-1-3-13-4-2-10-21-20(13)17)22-15-7-8-16-14(11-15)6-9-19(24)25-16/h1-11H,12H2,(H,22,23). The van der Waals surface area contributed by atoms with Gasteiger partial charge in [0.15, 0.2) is 0 Å². The van der Waals surface area contributed by atoms with Gasteiger partial charge in [0, 0.05) is 33.6 Å². The molecule has 2 aromatic heterocycles. The summed E-state index contributed by atoms with van der Waals surface area (Å²) >= 11 is 1.45. The summed E-state index contributed by atoms with van der Waals surface area (Å²) < 4.78 is 5.09. The van der Waals surface area contributed by atoms with E-state index in [2.05, 4.69) is 10.3 Å². The van der Waals surface area contributed by atoms with Crippen LogP contribution in [0.2, 0.25) is 0 Å². The van der Waals surface area contributed by atoms with Crippen LogP contribution in [-0.4, -0.2) is 16.6 Å². The minimum Gasteiger partial charge on any atom is -0.423 e. The number of fused-ring (bicyclic) bond motifs is 2. The zero-order valence-electron chi connectivity index (χ0n) is 13.6. The van der Waals surface area contributed by atoms with E-state index in [-0.39, 0.29) is 11.7 Å². The fourth-order valence-electron chi connectivity index (χ4n) is 2.68. The number of nitrogens with zero attached hydrogens (tertiary/aromatic N) is 1. The summed E-state index contributed by atoms with van der Waals surface area (Å²) in [5, 5.41) is 4.67. The lowest BCUT2D eigenvalue weighted by molar-refractivity contribution is -0.113. The van der Waals surface area contributed by atoms with Crippen LogP contribution in [-0.2, 0) is 4.79 Å². The Hall–Kier alpha value is -3.12. The van der Waals surface area contributed by atoms with Crippen molar-refractivity contribution in [2.24, 2.45) is 0 Å². The maximum absolute atomic E-state index is 12.3. The maximum atomic E-state index is 12.3. The molecule has 6 heteroatoms. The maximum Gasteiger partial charge on any atom is 0.336 e. The van der Waals surface area contributed by atoms with Crippen molar-refractivity contribution < 1.29 is 9.21 Å². The van der Waals surface area contributed by atoms with Crippen molar-refractivity contribution in [2.75, 3.05) is 11.1 Å². The molecule has 0 atom stereocenters. The number of pyridine rings is 1. The quantitative estimate of drug-likeness (QED) is 0.438. The van der Waals surface area contributed by atoms with E-state index in [4.69, 9.17) is 4.42 Å². The minimum absolute atomic E-state index is 0.111. The first kappa shape index (κ1) is 16.4. The zero-order chi connectivity index (χ0) is 17.9. The summed E-state index contributed by atoms with van der Waals surface area (Å²) in [6.07, 6.45) is 1.75.